The number of rotatable bonds is 34. The van der Waals surface area contributed by atoms with E-state index in [1.807, 2.05) is 72.8 Å². The predicted molar refractivity (Wildman–Crippen MR) is 452 cm³/mol. The molecule has 0 heterocycles. The fourth-order valence-electron chi connectivity index (χ4n) is 14.2. The number of anilines is 3. The number of hydrogen-bond acceptors (Lipinski definition) is 6. The van der Waals surface area contributed by atoms with Crippen molar-refractivity contribution >= 4 is 34.8 Å². The van der Waals surface area contributed by atoms with Crippen molar-refractivity contribution in [3.63, 3.8) is 0 Å². The molecule has 1 unspecified atom stereocenters. The molecule has 6 aromatic carbocycles. The van der Waals surface area contributed by atoms with Gasteiger partial charge in [-0.1, -0.05) is 266 Å². The lowest BCUT2D eigenvalue weighted by Crippen LogP contribution is -2.20. The number of carbonyl (C=O) groups is 3. The molecule has 0 bridgehead atoms. The van der Waals surface area contributed by atoms with E-state index in [0.717, 1.165) is 86.0 Å². The van der Waals surface area contributed by atoms with Gasteiger partial charge in [-0.05, 0) is 244 Å². The van der Waals surface area contributed by atoms with E-state index in [2.05, 4.69) is 232 Å². The Bertz CT molecular complexity index is 3470. The first-order valence-corrected chi connectivity index (χ1v) is 40.6. The van der Waals surface area contributed by atoms with Crippen molar-refractivity contribution in [3.05, 3.63) is 176 Å². The highest BCUT2D eigenvalue weighted by molar-refractivity contribution is 5.92. The van der Waals surface area contributed by atoms with Crippen molar-refractivity contribution in [1.82, 2.24) is 0 Å². The van der Waals surface area contributed by atoms with Crippen molar-refractivity contribution < 1.29 is 28.6 Å². The van der Waals surface area contributed by atoms with Gasteiger partial charge in [-0.25, -0.2) is 0 Å². The van der Waals surface area contributed by atoms with E-state index >= 15 is 0 Å². The second-order valence-corrected chi connectivity index (χ2v) is 36.7. The molecule has 3 N–H and O–H groups in total. The normalized spacial score (nSPS) is 12.4. The number of benzene rings is 6. The van der Waals surface area contributed by atoms with Crippen molar-refractivity contribution in [2.45, 2.75) is 353 Å². The molecule has 0 saturated heterocycles. The molecule has 0 fully saturated rings. The molecule has 6 aromatic rings. The average molecular weight is 1440 g/mol. The van der Waals surface area contributed by atoms with Crippen LogP contribution in [0, 0.1) is 26.7 Å². The molecule has 0 spiro atoms. The lowest BCUT2D eigenvalue weighted by Gasteiger charge is -2.30. The molecule has 3 amide bonds. The summed E-state index contributed by atoms with van der Waals surface area (Å²) in [5.74, 6) is 3.29. The fraction of sp³-hybridized carbons (Fsp3) is 0.594. The summed E-state index contributed by atoms with van der Waals surface area (Å²) in [6.07, 6.45) is 22.7. The number of ether oxygens (including phenoxy) is 3. The molecule has 582 valence electrons. The first-order chi connectivity index (χ1) is 49.0. The van der Waals surface area contributed by atoms with Crippen LogP contribution in [0.15, 0.2) is 109 Å². The van der Waals surface area contributed by atoms with E-state index < -0.39 is 0 Å². The van der Waals surface area contributed by atoms with Gasteiger partial charge in [-0.2, -0.15) is 0 Å². The number of carbonyl (C=O) groups excluding carboxylic acids is 3. The Morgan fingerprint density at radius 3 is 0.790 bits per heavy atom. The van der Waals surface area contributed by atoms with Crippen LogP contribution in [0.4, 0.5) is 17.1 Å². The summed E-state index contributed by atoms with van der Waals surface area (Å²) in [6, 6.07) is 37.0. The zero-order valence-electron chi connectivity index (χ0n) is 71.3. The lowest BCUT2D eigenvalue weighted by atomic mass is 9.75. The fourth-order valence-corrected chi connectivity index (χ4v) is 14.2. The maximum absolute atomic E-state index is 12.7. The van der Waals surface area contributed by atoms with Crippen molar-refractivity contribution in [1.29, 1.82) is 0 Å². The van der Waals surface area contributed by atoms with Crippen molar-refractivity contribution in [2.24, 2.45) is 5.92 Å². The zero-order chi connectivity index (χ0) is 78.5. The maximum Gasteiger partial charge on any atom is 0.224 e. The highest BCUT2D eigenvalue weighted by atomic mass is 16.5. The molecule has 0 aliphatic carbocycles. The number of hydrogen-bond donors (Lipinski definition) is 3. The van der Waals surface area contributed by atoms with Crippen LogP contribution in [-0.2, 0) is 66.1 Å². The molecule has 0 radical (unpaired) electrons. The first-order valence-electron chi connectivity index (χ1n) is 40.6. The summed E-state index contributed by atoms with van der Waals surface area (Å²) >= 11 is 0. The van der Waals surface area contributed by atoms with Gasteiger partial charge in [-0.15, -0.1) is 0 Å². The van der Waals surface area contributed by atoms with Crippen LogP contribution in [-0.4, -0.2) is 37.0 Å². The van der Waals surface area contributed by atoms with Gasteiger partial charge in [0, 0.05) is 36.3 Å². The van der Waals surface area contributed by atoms with Crippen LogP contribution in [0.2, 0.25) is 0 Å². The van der Waals surface area contributed by atoms with Gasteiger partial charge in [0.15, 0.2) is 0 Å². The Morgan fingerprint density at radius 2 is 0.562 bits per heavy atom. The topological polar surface area (TPSA) is 115 Å². The van der Waals surface area contributed by atoms with E-state index in [-0.39, 0.29) is 56.3 Å². The third-order valence-corrected chi connectivity index (χ3v) is 19.8. The van der Waals surface area contributed by atoms with Crippen LogP contribution in [0.25, 0.3) is 0 Å². The lowest BCUT2D eigenvalue weighted by molar-refractivity contribution is -0.117. The minimum absolute atomic E-state index is 0.0343. The molecule has 0 aliphatic rings. The molecule has 0 saturated carbocycles. The average Bonchev–Trinajstić information content (AvgIpc) is 0.796. The second-order valence-electron chi connectivity index (χ2n) is 36.7. The Kier molecular flexibility index (Phi) is 36.7. The minimum Gasteiger partial charge on any atom is -0.494 e. The van der Waals surface area contributed by atoms with Crippen molar-refractivity contribution in [3.8, 4) is 17.2 Å². The molecular formula is C96H147N3O6. The van der Waals surface area contributed by atoms with Gasteiger partial charge in [0.05, 0.1) is 19.3 Å². The quantitative estimate of drug-likeness (QED) is 0.0347. The summed E-state index contributed by atoms with van der Waals surface area (Å²) in [4.78, 5) is 38.1. The highest BCUT2D eigenvalue weighted by Crippen LogP contribution is 2.39. The zero-order valence-corrected chi connectivity index (χ0v) is 71.3. The number of unbranched alkanes of at least 4 members (excludes halogenated alkanes) is 12. The molecule has 0 aromatic heterocycles. The third-order valence-electron chi connectivity index (χ3n) is 19.8. The van der Waals surface area contributed by atoms with Crippen LogP contribution >= 0.6 is 0 Å². The van der Waals surface area contributed by atoms with E-state index in [4.69, 9.17) is 14.2 Å². The minimum atomic E-state index is 0.0343. The Morgan fingerprint density at radius 1 is 0.333 bits per heavy atom. The second kappa shape index (κ2) is 42.6. The predicted octanol–water partition coefficient (Wildman–Crippen LogP) is 26.6. The van der Waals surface area contributed by atoms with Crippen molar-refractivity contribution in [2.75, 3.05) is 29.2 Å². The van der Waals surface area contributed by atoms with Gasteiger partial charge in [-0.3, -0.25) is 14.4 Å². The summed E-state index contributed by atoms with van der Waals surface area (Å²) in [5, 5.41) is 9.12. The Balaban J connectivity index is 0.000000334. The monoisotopic (exact) mass is 1440 g/mol. The van der Waals surface area contributed by atoms with Gasteiger partial charge < -0.3 is 30.2 Å². The molecule has 1 atom stereocenters. The van der Waals surface area contributed by atoms with E-state index in [1.54, 1.807) is 0 Å². The van der Waals surface area contributed by atoms with E-state index in [0.29, 0.717) is 25.2 Å². The third kappa shape index (κ3) is 33.4. The molecule has 6 rings (SSSR count). The number of nitrogens with one attached hydrogen (secondary N) is 3. The number of aryl methyl sites for hydroxylation is 3. The van der Waals surface area contributed by atoms with Gasteiger partial charge >= 0.3 is 0 Å². The largest absolute Gasteiger partial charge is 0.494 e. The summed E-state index contributed by atoms with van der Waals surface area (Å²) in [7, 11) is 0. The summed E-state index contributed by atoms with van der Waals surface area (Å²) < 4.78 is 17.7. The highest BCUT2D eigenvalue weighted by Gasteiger charge is 2.28. The van der Waals surface area contributed by atoms with Gasteiger partial charge in [0.25, 0.3) is 0 Å². The molecule has 9 nitrogen and oxygen atoms in total. The molecule has 9 heteroatoms. The number of amides is 3. The first kappa shape index (κ1) is 90.5. The Labute approximate surface area is 641 Å². The van der Waals surface area contributed by atoms with Crippen LogP contribution in [0.3, 0.4) is 0 Å². The van der Waals surface area contributed by atoms with E-state index in [1.165, 1.54) is 144 Å². The summed E-state index contributed by atoms with van der Waals surface area (Å²) in [6.45, 7) is 59.9. The smallest absolute Gasteiger partial charge is 0.224 e. The van der Waals surface area contributed by atoms with Crippen LogP contribution in [0.5, 0.6) is 17.2 Å². The Hall–Kier alpha value is -6.87. The SMILES string of the molecule is CCCCCCCCCCOc1ccc(NC(=O)CCc2cc(C(C)(C)C)c(C)c(C(C)(C)C)c2)cc1.CCCCCCCCOc1ccc(NC(=O)CCc2cc(C(C)(C)C)c(C)c(C(C)(C)C)c2)cc1.Cc1c(C(C)(C)C)cc(CCC(=O)Nc2ccc(OC(C)CC(C)C)cc2)cc1C(C)(C)C. The van der Waals surface area contributed by atoms with Gasteiger partial charge in [0.2, 0.25) is 17.7 Å². The van der Waals surface area contributed by atoms with Crippen LogP contribution in [0.1, 0.15) is 342 Å². The standard InChI is InChI=1S/C34H53NO2.C32H49NO2.C30H45NO2/c1-9-10-11-12-13-14-15-16-23-37-29-20-18-28(19-21-29)35-32(36)22-17-27-24-30(33(3,4)5)26(2)31(25-27)34(6,7)8;1-9-10-11-12-13-14-21-35-27-18-16-26(17-19-27)33-30(34)20-15-25-22-28(31(3,4)5)24(2)29(23-25)32(6,7)8;1-20(2)17-21(3)33-25-14-12-24(13-15-25)31-28(32)16-11-23-18-26(29(5,6)7)22(4)27(19-23)30(8,9)10/h18-21,24-25H,9-17,22-23H2,1-8H3,(H,35,36);16-19,22-23H,9-15,20-21H2,1-8H3,(H,33,34);12-15,18-21H,11,16-17H2,1-10H3,(H,31,32). The van der Waals surface area contributed by atoms with Gasteiger partial charge in [0.1, 0.15) is 17.2 Å². The summed E-state index contributed by atoms with van der Waals surface area (Å²) in [5.41, 5.74) is 18.9. The van der Waals surface area contributed by atoms with Crippen LogP contribution < -0.4 is 30.2 Å². The molecule has 0 aliphatic heterocycles. The van der Waals surface area contributed by atoms with E-state index in [9.17, 15) is 14.4 Å². The molecule has 105 heavy (non-hydrogen) atoms. The maximum atomic E-state index is 12.7. The molecular weight excluding hydrogens is 1290 g/mol.